The molecule has 0 amide bonds. The van der Waals surface area contributed by atoms with Crippen molar-refractivity contribution in [3.63, 3.8) is 0 Å². The number of ether oxygens (including phenoxy) is 2. The molecule has 0 bridgehead atoms. The SMILES string of the molecule is COC(=O)[C@H](NS(=O)(=O)c1ccc(I)cc1)[C@@H](C#Cc1ccccc1)OC. The van der Waals surface area contributed by atoms with Crippen LogP contribution in [-0.4, -0.2) is 40.8 Å². The van der Waals surface area contributed by atoms with Gasteiger partial charge >= 0.3 is 5.97 Å². The largest absolute Gasteiger partial charge is 0.468 e. The molecule has 0 aliphatic carbocycles. The number of esters is 1. The number of carbonyl (C=O) groups excluding carboxylic acids is 1. The number of rotatable bonds is 6. The minimum absolute atomic E-state index is 0.0303. The molecule has 2 aromatic carbocycles. The Balaban J connectivity index is 2.32. The molecule has 0 spiro atoms. The fraction of sp³-hybridized carbons (Fsp3) is 0.211. The first-order chi connectivity index (χ1) is 12.9. The summed E-state index contributed by atoms with van der Waals surface area (Å²) in [5.41, 5.74) is 0.712. The second kappa shape index (κ2) is 9.85. The van der Waals surface area contributed by atoms with Crippen LogP contribution < -0.4 is 4.72 Å². The van der Waals surface area contributed by atoms with Gasteiger partial charge in [0.05, 0.1) is 12.0 Å². The molecule has 0 saturated carbocycles. The number of sulfonamides is 1. The highest BCUT2D eigenvalue weighted by molar-refractivity contribution is 14.1. The fourth-order valence-electron chi connectivity index (χ4n) is 2.16. The maximum Gasteiger partial charge on any atom is 0.327 e. The highest BCUT2D eigenvalue weighted by Crippen LogP contribution is 2.14. The zero-order valence-electron chi connectivity index (χ0n) is 14.7. The number of hydrogen-bond donors (Lipinski definition) is 1. The van der Waals surface area contributed by atoms with Crippen LogP contribution in [0.3, 0.4) is 0 Å². The summed E-state index contributed by atoms with van der Waals surface area (Å²) in [5, 5.41) is 0. The van der Waals surface area contributed by atoms with Gasteiger partial charge in [0.15, 0.2) is 6.04 Å². The summed E-state index contributed by atoms with van der Waals surface area (Å²) in [5.74, 6) is 4.86. The highest BCUT2D eigenvalue weighted by Gasteiger charge is 2.33. The third-order valence-corrected chi connectivity index (χ3v) is 5.73. The molecule has 0 radical (unpaired) electrons. The molecule has 2 rings (SSSR count). The number of nitrogens with one attached hydrogen (secondary N) is 1. The molecule has 1 N–H and O–H groups in total. The van der Waals surface area contributed by atoms with E-state index in [0.29, 0.717) is 5.56 Å². The fourth-order valence-corrected chi connectivity index (χ4v) is 3.71. The van der Waals surface area contributed by atoms with Crippen LogP contribution in [0.4, 0.5) is 0 Å². The molecular weight excluding hydrogens is 481 g/mol. The maximum absolute atomic E-state index is 12.6. The van der Waals surface area contributed by atoms with Gasteiger partial charge in [-0.15, -0.1) is 0 Å². The van der Waals surface area contributed by atoms with Crippen molar-refractivity contribution in [2.45, 2.75) is 17.0 Å². The Labute approximate surface area is 172 Å². The van der Waals surface area contributed by atoms with E-state index in [9.17, 15) is 13.2 Å². The van der Waals surface area contributed by atoms with Gasteiger partial charge in [0.1, 0.15) is 6.10 Å². The third kappa shape index (κ3) is 6.04. The van der Waals surface area contributed by atoms with Crippen LogP contribution in [0.15, 0.2) is 59.5 Å². The van der Waals surface area contributed by atoms with Gasteiger partial charge in [-0.2, -0.15) is 4.72 Å². The summed E-state index contributed by atoms with van der Waals surface area (Å²) < 4.78 is 38.5. The molecular formula is C19H18INO5S. The van der Waals surface area contributed by atoms with Gasteiger partial charge in [-0.3, -0.25) is 4.79 Å². The van der Waals surface area contributed by atoms with Gasteiger partial charge in [-0.05, 0) is 59.0 Å². The molecule has 0 aliphatic rings. The number of hydrogen-bond acceptors (Lipinski definition) is 5. The van der Waals surface area contributed by atoms with Crippen molar-refractivity contribution in [2.75, 3.05) is 14.2 Å². The second-order valence-corrected chi connectivity index (χ2v) is 8.33. The highest BCUT2D eigenvalue weighted by atomic mass is 127. The van der Waals surface area contributed by atoms with Crippen molar-refractivity contribution in [3.8, 4) is 11.8 Å². The van der Waals surface area contributed by atoms with Crippen molar-refractivity contribution in [1.29, 1.82) is 0 Å². The van der Waals surface area contributed by atoms with Crippen LogP contribution in [0.2, 0.25) is 0 Å². The zero-order chi connectivity index (χ0) is 19.9. The van der Waals surface area contributed by atoms with Crippen molar-refractivity contribution >= 4 is 38.6 Å². The Bertz CT molecular complexity index is 934. The van der Waals surface area contributed by atoms with Crippen LogP contribution >= 0.6 is 22.6 Å². The minimum Gasteiger partial charge on any atom is -0.468 e. The Hall–Kier alpha value is -1.93. The van der Waals surface area contributed by atoms with Gasteiger partial charge in [0, 0.05) is 16.2 Å². The standard InChI is InChI=1S/C19H18INO5S/c1-25-17(13-8-14-6-4-3-5-7-14)18(19(22)26-2)21-27(23,24)16-11-9-15(20)10-12-16/h3-7,9-12,17-18,21H,1-2H3/t17-,18-/m1/s1. The van der Waals surface area contributed by atoms with Gasteiger partial charge in [-0.25, -0.2) is 8.42 Å². The Morgan fingerprint density at radius 3 is 2.26 bits per heavy atom. The minimum atomic E-state index is -3.97. The summed E-state index contributed by atoms with van der Waals surface area (Å²) in [6, 6.07) is 14.0. The van der Waals surface area contributed by atoms with Crippen LogP contribution in [-0.2, 0) is 24.3 Å². The van der Waals surface area contributed by atoms with Gasteiger partial charge in [0.25, 0.3) is 0 Å². The van der Waals surface area contributed by atoms with Gasteiger partial charge < -0.3 is 9.47 Å². The van der Waals surface area contributed by atoms with E-state index in [1.54, 1.807) is 24.3 Å². The molecule has 0 aliphatic heterocycles. The predicted octanol–water partition coefficient (Wildman–Crippen LogP) is 2.18. The zero-order valence-corrected chi connectivity index (χ0v) is 17.7. The van der Waals surface area contributed by atoms with Crippen LogP contribution in [0.25, 0.3) is 0 Å². The molecule has 0 heterocycles. The number of methoxy groups -OCH3 is 2. The molecule has 0 unspecified atom stereocenters. The molecule has 0 aromatic heterocycles. The normalized spacial score (nSPS) is 13.1. The van der Waals surface area contributed by atoms with E-state index in [2.05, 4.69) is 39.2 Å². The van der Waals surface area contributed by atoms with Crippen LogP contribution in [0.1, 0.15) is 5.56 Å². The van der Waals surface area contributed by atoms with E-state index in [1.165, 1.54) is 26.4 Å². The molecule has 27 heavy (non-hydrogen) atoms. The lowest BCUT2D eigenvalue weighted by Gasteiger charge is -2.21. The van der Waals surface area contributed by atoms with E-state index >= 15 is 0 Å². The first kappa shape index (κ1) is 21.4. The molecule has 142 valence electrons. The lowest BCUT2D eigenvalue weighted by atomic mass is 10.1. The maximum atomic E-state index is 12.6. The van der Waals surface area contributed by atoms with Crippen molar-refractivity contribution in [2.24, 2.45) is 0 Å². The molecule has 2 aromatic rings. The molecule has 8 heteroatoms. The average molecular weight is 499 g/mol. The van der Waals surface area contributed by atoms with Crippen molar-refractivity contribution < 1.29 is 22.7 Å². The quantitative estimate of drug-likeness (QED) is 0.375. The van der Waals surface area contributed by atoms with Gasteiger partial charge in [-0.1, -0.05) is 30.0 Å². The third-order valence-electron chi connectivity index (χ3n) is 3.55. The Kier molecular flexibility index (Phi) is 7.79. The summed E-state index contributed by atoms with van der Waals surface area (Å²) in [4.78, 5) is 12.2. The average Bonchev–Trinajstić information content (AvgIpc) is 2.68. The first-order valence-corrected chi connectivity index (χ1v) is 10.4. The number of carbonyl (C=O) groups is 1. The van der Waals surface area contributed by atoms with E-state index in [1.807, 2.05) is 18.2 Å². The second-order valence-electron chi connectivity index (χ2n) is 5.37. The molecule has 0 saturated heterocycles. The molecule has 6 nitrogen and oxygen atoms in total. The predicted molar refractivity (Wildman–Crippen MR) is 109 cm³/mol. The number of benzene rings is 2. The van der Waals surface area contributed by atoms with E-state index in [0.717, 1.165) is 3.57 Å². The Morgan fingerprint density at radius 2 is 1.70 bits per heavy atom. The first-order valence-electron chi connectivity index (χ1n) is 7.82. The van der Waals surface area contributed by atoms with Crippen molar-refractivity contribution in [1.82, 2.24) is 4.72 Å². The van der Waals surface area contributed by atoms with E-state index in [-0.39, 0.29) is 4.90 Å². The monoisotopic (exact) mass is 499 g/mol. The van der Waals surface area contributed by atoms with Crippen LogP contribution in [0, 0.1) is 15.4 Å². The molecule has 0 fully saturated rings. The summed E-state index contributed by atoms with van der Waals surface area (Å²) in [6.45, 7) is 0. The van der Waals surface area contributed by atoms with Crippen molar-refractivity contribution in [3.05, 3.63) is 63.7 Å². The van der Waals surface area contributed by atoms with E-state index < -0.39 is 28.1 Å². The van der Waals surface area contributed by atoms with Crippen LogP contribution in [0.5, 0.6) is 0 Å². The summed E-state index contributed by atoms with van der Waals surface area (Å²) >= 11 is 2.07. The Morgan fingerprint density at radius 1 is 1.07 bits per heavy atom. The van der Waals surface area contributed by atoms with Gasteiger partial charge in [0.2, 0.25) is 10.0 Å². The smallest absolute Gasteiger partial charge is 0.327 e. The topological polar surface area (TPSA) is 81.7 Å². The van der Waals surface area contributed by atoms with E-state index in [4.69, 9.17) is 9.47 Å². The number of halogens is 1. The summed E-state index contributed by atoms with van der Waals surface area (Å²) in [7, 11) is -1.45. The lowest BCUT2D eigenvalue weighted by Crippen LogP contribution is -2.49. The summed E-state index contributed by atoms with van der Waals surface area (Å²) in [6.07, 6.45) is -1.03. The molecule has 2 atom stereocenters. The lowest BCUT2D eigenvalue weighted by molar-refractivity contribution is -0.145.